The van der Waals surface area contributed by atoms with Crippen LogP contribution in [-0.2, 0) is 25.6 Å². The van der Waals surface area contributed by atoms with Crippen molar-refractivity contribution in [2.24, 2.45) is 0 Å². The maximum Gasteiger partial charge on any atom is 0.372 e. The molecule has 1 aromatic carbocycles. The van der Waals surface area contributed by atoms with E-state index in [1.807, 2.05) is 0 Å². The summed E-state index contributed by atoms with van der Waals surface area (Å²) in [6, 6.07) is 3.53. The van der Waals surface area contributed by atoms with Gasteiger partial charge in [0.15, 0.2) is 0 Å². The molecule has 0 bridgehead atoms. The van der Waals surface area contributed by atoms with Gasteiger partial charge in [-0.2, -0.15) is 5.10 Å². The zero-order valence-electron chi connectivity index (χ0n) is 10.3. The van der Waals surface area contributed by atoms with Crippen LogP contribution in [0.15, 0.2) is 30.9 Å². The third-order valence-electron chi connectivity index (χ3n) is 2.62. The van der Waals surface area contributed by atoms with Gasteiger partial charge in [0.1, 0.15) is 12.7 Å². The Balaban J connectivity index is 2.61. The van der Waals surface area contributed by atoms with Crippen molar-refractivity contribution in [3.63, 3.8) is 0 Å². The van der Waals surface area contributed by atoms with Gasteiger partial charge in [-0.25, -0.2) is 9.67 Å². The Labute approximate surface area is 124 Å². The van der Waals surface area contributed by atoms with E-state index >= 15 is 0 Å². The highest BCUT2D eigenvalue weighted by Crippen LogP contribution is 2.44. The number of rotatable bonds is 7. The van der Waals surface area contributed by atoms with Crippen molar-refractivity contribution in [3.8, 4) is 5.69 Å². The maximum atomic E-state index is 12.8. The fraction of sp³-hybridized carbons (Fsp3) is 0.100. The summed E-state index contributed by atoms with van der Waals surface area (Å²) in [4.78, 5) is 15.8. The van der Waals surface area contributed by atoms with Gasteiger partial charge in [0, 0.05) is 5.56 Å². The van der Waals surface area contributed by atoms with E-state index in [0.29, 0.717) is 0 Å². The first-order valence-corrected chi connectivity index (χ1v) is 5.70. The van der Waals surface area contributed by atoms with Crippen LogP contribution in [0.3, 0.4) is 0 Å². The van der Waals surface area contributed by atoms with Gasteiger partial charge in [-0.15, -0.1) is 19.8 Å². The second kappa shape index (κ2) is 6.98. The summed E-state index contributed by atoms with van der Waals surface area (Å²) in [7, 11) is 0. The summed E-state index contributed by atoms with van der Waals surface area (Å²) in [5, 5.41) is 3.31. The number of hydrogen-bond donors (Lipinski definition) is 0. The highest BCUT2D eigenvalue weighted by Gasteiger charge is 2.55. The molecule has 0 atom stereocenters. The van der Waals surface area contributed by atoms with E-state index in [1.165, 1.54) is 18.5 Å². The van der Waals surface area contributed by atoms with Crippen molar-refractivity contribution in [3.05, 3.63) is 47.7 Å². The Kier molecular flexibility index (Phi) is 5.26. The highest BCUT2D eigenvalue weighted by atomic mass is 35.5. The first-order chi connectivity index (χ1) is 10.6. The van der Waals surface area contributed by atoms with Crippen molar-refractivity contribution in [2.45, 2.75) is 5.79 Å². The summed E-state index contributed by atoms with van der Waals surface area (Å²) >= 11 is 5.95. The quantitative estimate of drug-likeness (QED) is 0.569. The number of hydrogen-bond acceptors (Lipinski definition) is 6. The molecule has 1 heterocycles. The predicted molar refractivity (Wildman–Crippen MR) is 60.1 cm³/mol. The molecule has 1 radical (unpaired) electrons. The Hall–Kier alpha value is -1.79. The van der Waals surface area contributed by atoms with Crippen molar-refractivity contribution >= 4 is 11.6 Å². The molecule has 0 N–H and O–H groups in total. The third-order valence-corrected chi connectivity index (χ3v) is 3.02. The Morgan fingerprint density at radius 2 is 1.82 bits per heavy atom. The van der Waals surface area contributed by atoms with Crippen molar-refractivity contribution in [1.82, 2.24) is 14.8 Å². The summed E-state index contributed by atoms with van der Waals surface area (Å²) < 4.78 is 51.2. The monoisotopic (exact) mass is 342 g/mol. The second-order valence-electron chi connectivity index (χ2n) is 3.69. The lowest BCUT2D eigenvalue weighted by atomic mass is 10.0. The number of nitrogens with zero attached hydrogens (tertiary/aromatic N) is 3. The fourth-order valence-corrected chi connectivity index (χ4v) is 2.00. The maximum absolute atomic E-state index is 12.8. The molecule has 0 unspecified atom stereocenters. The number of halogens is 5. The van der Waals surface area contributed by atoms with Crippen molar-refractivity contribution in [1.29, 1.82) is 0 Å². The van der Waals surface area contributed by atoms with Gasteiger partial charge in [0.05, 0.1) is 10.7 Å². The molecule has 119 valence electrons. The normalized spacial score (nSPS) is 12.1. The molecule has 7 nitrogen and oxygen atoms in total. The topological polar surface area (TPSA) is 67.6 Å². The summed E-state index contributed by atoms with van der Waals surface area (Å²) in [5.74, 6) is -3.49. The number of benzene rings is 1. The van der Waals surface area contributed by atoms with Crippen LogP contribution in [0.4, 0.5) is 18.1 Å². The van der Waals surface area contributed by atoms with Crippen LogP contribution in [0.25, 0.3) is 5.69 Å². The van der Waals surface area contributed by atoms with E-state index in [-0.39, 0.29) is 5.69 Å². The molecule has 0 aliphatic heterocycles. The molecule has 0 aliphatic rings. The molecular weight excluding hydrogens is 338 g/mol. The van der Waals surface area contributed by atoms with Gasteiger partial charge >= 0.3 is 12.1 Å². The van der Waals surface area contributed by atoms with Gasteiger partial charge in [-0.05, 0) is 24.2 Å². The Morgan fingerprint density at radius 1 is 1.14 bits per heavy atom. The molecule has 1 aromatic heterocycles. The summed E-state index contributed by atoms with van der Waals surface area (Å²) in [5.41, 5.74) is -0.662. The number of aromatic nitrogens is 3. The molecule has 0 saturated carbocycles. The zero-order valence-corrected chi connectivity index (χ0v) is 11.0. The van der Waals surface area contributed by atoms with Gasteiger partial charge in [-0.3, -0.25) is 0 Å². The lowest BCUT2D eigenvalue weighted by molar-refractivity contribution is -0.477. The van der Waals surface area contributed by atoms with Gasteiger partial charge in [-0.1, -0.05) is 23.7 Å². The largest absolute Gasteiger partial charge is 0.372 e. The highest BCUT2D eigenvalue weighted by molar-refractivity contribution is 6.33. The van der Waals surface area contributed by atoms with Crippen LogP contribution >= 0.6 is 11.6 Å². The first kappa shape index (κ1) is 16.6. The van der Waals surface area contributed by atoms with E-state index in [2.05, 4.69) is 29.8 Å². The molecule has 2 aromatic rings. The summed E-state index contributed by atoms with van der Waals surface area (Å²) in [6.07, 6.45) is 0.400. The van der Waals surface area contributed by atoms with Crippen molar-refractivity contribution in [2.75, 3.05) is 0 Å². The minimum atomic E-state index is -3.49. The standard InChI is InChI=1S/C10H5ClF4N3O4/c11-8-6(10(21-14,22-15)9(19-12)20-13)2-1-3-7(8)18-5-16-4-17-18/h1-5H. The fourth-order valence-electron chi connectivity index (χ4n) is 1.66. The molecule has 0 fully saturated rings. The third kappa shape index (κ3) is 2.64. The van der Waals surface area contributed by atoms with Gasteiger partial charge in [0.25, 0.3) is 0 Å². The van der Waals surface area contributed by atoms with Crippen LogP contribution in [0.2, 0.25) is 5.02 Å². The van der Waals surface area contributed by atoms with Gasteiger partial charge in [0.2, 0.25) is 0 Å². The molecular formula is C10H5ClF4N3O4. The lowest BCUT2D eigenvalue weighted by Crippen LogP contribution is -2.37. The molecule has 2 rings (SSSR count). The smallest absolute Gasteiger partial charge is 0.223 e. The van der Waals surface area contributed by atoms with Crippen LogP contribution in [0.5, 0.6) is 0 Å². The van der Waals surface area contributed by atoms with E-state index in [0.717, 1.165) is 17.1 Å². The van der Waals surface area contributed by atoms with E-state index in [9.17, 15) is 18.1 Å². The lowest BCUT2D eigenvalue weighted by Gasteiger charge is -2.26. The second-order valence-corrected chi connectivity index (χ2v) is 4.07. The molecule has 0 amide bonds. The molecule has 0 spiro atoms. The molecule has 0 aliphatic carbocycles. The van der Waals surface area contributed by atoms with Crippen LogP contribution < -0.4 is 0 Å². The minimum Gasteiger partial charge on any atom is -0.223 e. The van der Waals surface area contributed by atoms with Crippen LogP contribution in [-0.4, -0.2) is 14.8 Å². The Bertz CT molecular complexity index is 610. The van der Waals surface area contributed by atoms with E-state index in [4.69, 9.17) is 11.6 Å². The zero-order chi connectivity index (χ0) is 16.2. The molecule has 22 heavy (non-hydrogen) atoms. The average Bonchev–Trinajstić information content (AvgIpc) is 3.07. The average molecular weight is 343 g/mol. The van der Waals surface area contributed by atoms with Crippen molar-refractivity contribution < 1.29 is 37.9 Å². The summed E-state index contributed by atoms with van der Waals surface area (Å²) in [6.45, 7) is 0. The van der Waals surface area contributed by atoms with E-state index < -0.39 is 22.7 Å². The first-order valence-electron chi connectivity index (χ1n) is 5.32. The molecule has 0 saturated heterocycles. The van der Waals surface area contributed by atoms with Gasteiger partial charge < -0.3 is 0 Å². The minimum absolute atomic E-state index is 0.0483. The van der Waals surface area contributed by atoms with Crippen LogP contribution in [0, 0.1) is 6.29 Å². The molecule has 12 heteroatoms. The Morgan fingerprint density at radius 3 is 2.32 bits per heavy atom. The predicted octanol–water partition coefficient (Wildman–Crippen LogP) is 3.17. The van der Waals surface area contributed by atoms with Crippen LogP contribution in [0.1, 0.15) is 5.56 Å². The van der Waals surface area contributed by atoms with E-state index in [1.54, 1.807) is 0 Å². The SMILES string of the molecule is FO[C](OF)C(OF)(OF)c1cccc(-n2cncn2)c1Cl.